The van der Waals surface area contributed by atoms with Crippen LogP contribution in [0.1, 0.15) is 29.5 Å². The van der Waals surface area contributed by atoms with E-state index in [1.807, 2.05) is 4.90 Å². The summed E-state index contributed by atoms with van der Waals surface area (Å²) < 4.78 is 69.1. The van der Waals surface area contributed by atoms with Crippen molar-refractivity contribution in [1.82, 2.24) is 4.90 Å². The zero-order valence-electron chi connectivity index (χ0n) is 20.1. The van der Waals surface area contributed by atoms with E-state index >= 15 is 0 Å². The van der Waals surface area contributed by atoms with Gasteiger partial charge < -0.3 is 14.7 Å². The predicted octanol–water partition coefficient (Wildman–Crippen LogP) is 2.73. The Bertz CT molecular complexity index is 1350. The number of carbonyl (C=O) groups is 1. The Morgan fingerprint density at radius 2 is 1.84 bits per heavy atom. The second-order valence-electron chi connectivity index (χ2n) is 9.22. The highest BCUT2D eigenvalue weighted by Gasteiger charge is 2.51. The number of anilines is 1. The molecule has 2 aliphatic heterocycles. The van der Waals surface area contributed by atoms with Crippen LogP contribution in [-0.4, -0.2) is 70.0 Å². The molecule has 0 aromatic heterocycles. The second kappa shape index (κ2) is 9.96. The molecule has 2 aliphatic rings. The topological polar surface area (TPSA) is 111 Å². The summed E-state index contributed by atoms with van der Waals surface area (Å²) in [6, 6.07) is 10.0. The molecule has 0 saturated carbocycles. The number of β-amino-alcohol motifs (C(OH)–C–C–N with tert-alkyl or cyclic N) is 1. The van der Waals surface area contributed by atoms with E-state index in [2.05, 4.69) is 6.07 Å². The van der Waals surface area contributed by atoms with Crippen molar-refractivity contribution < 1.29 is 36.2 Å². The van der Waals surface area contributed by atoms with Crippen LogP contribution in [0.3, 0.4) is 0 Å². The van der Waals surface area contributed by atoms with Crippen molar-refractivity contribution in [3.63, 3.8) is 0 Å². The average molecular weight is 538 g/mol. The third-order valence-electron chi connectivity index (χ3n) is 6.95. The Balaban J connectivity index is 1.43. The van der Waals surface area contributed by atoms with Crippen LogP contribution in [0.2, 0.25) is 0 Å². The highest BCUT2D eigenvalue weighted by molar-refractivity contribution is 7.90. The molecule has 0 bridgehead atoms. The summed E-state index contributed by atoms with van der Waals surface area (Å²) in [4.78, 5) is 16.2. The lowest BCUT2D eigenvalue weighted by molar-refractivity contribution is -0.140. The smallest absolute Gasteiger partial charge is 0.417 e. The summed E-state index contributed by atoms with van der Waals surface area (Å²) in [6.45, 7) is 1.49. The van der Waals surface area contributed by atoms with E-state index in [0.29, 0.717) is 49.8 Å². The highest BCUT2D eigenvalue weighted by atomic mass is 32.2. The van der Waals surface area contributed by atoms with Crippen molar-refractivity contribution in [3.8, 4) is 11.8 Å². The molecule has 198 valence electrons. The molecule has 1 spiro atoms. The van der Waals surface area contributed by atoms with Crippen LogP contribution in [-0.2, 0) is 26.2 Å². The van der Waals surface area contributed by atoms with E-state index in [1.54, 1.807) is 23.1 Å². The molecule has 2 aromatic carbocycles. The predicted molar refractivity (Wildman–Crippen MR) is 128 cm³/mol. The van der Waals surface area contributed by atoms with Crippen molar-refractivity contribution in [2.75, 3.05) is 50.5 Å². The van der Waals surface area contributed by atoms with E-state index in [1.165, 1.54) is 6.07 Å². The molecule has 1 saturated heterocycles. The normalized spacial score (nSPS) is 17.6. The van der Waals surface area contributed by atoms with Crippen LogP contribution >= 0.6 is 0 Å². The largest absolute Gasteiger partial charge is 0.492 e. The fraction of sp³-hybridized carbons (Fsp3) is 0.440. The molecule has 0 atom stereocenters. The lowest BCUT2D eigenvalue weighted by Gasteiger charge is -2.38. The zero-order valence-corrected chi connectivity index (χ0v) is 20.9. The first-order valence-electron chi connectivity index (χ1n) is 11.6. The van der Waals surface area contributed by atoms with Crippen molar-refractivity contribution in [3.05, 3.63) is 53.1 Å². The number of carbonyl (C=O) groups excluding carboxylic acids is 1. The van der Waals surface area contributed by atoms with Crippen LogP contribution < -0.4 is 9.64 Å². The summed E-state index contributed by atoms with van der Waals surface area (Å²) in [5, 5.41) is 18.8. The maximum absolute atomic E-state index is 13.4. The van der Waals surface area contributed by atoms with Crippen molar-refractivity contribution >= 4 is 21.4 Å². The second-order valence-corrected chi connectivity index (χ2v) is 11.2. The number of nitriles is 1. The highest BCUT2D eigenvalue weighted by Crippen LogP contribution is 2.48. The minimum Gasteiger partial charge on any atom is -0.492 e. The van der Waals surface area contributed by atoms with E-state index in [4.69, 9.17) is 4.74 Å². The molecule has 1 fully saturated rings. The number of hydrogen-bond donors (Lipinski definition) is 1. The van der Waals surface area contributed by atoms with Crippen LogP contribution in [0.5, 0.6) is 5.75 Å². The molecule has 8 nitrogen and oxygen atoms in total. The maximum Gasteiger partial charge on any atom is 0.417 e. The number of amides is 1. The first-order chi connectivity index (χ1) is 17.4. The van der Waals surface area contributed by atoms with Crippen LogP contribution in [0.4, 0.5) is 18.9 Å². The number of sulfone groups is 1. The van der Waals surface area contributed by atoms with Gasteiger partial charge in [-0.1, -0.05) is 0 Å². The molecule has 12 heteroatoms. The quantitative estimate of drug-likeness (QED) is 0.578. The van der Waals surface area contributed by atoms with Crippen molar-refractivity contribution in [2.45, 2.75) is 29.3 Å². The summed E-state index contributed by atoms with van der Waals surface area (Å²) in [7, 11) is -4.07. The number of aliphatic hydroxyl groups excluding tert-OH is 1. The number of halogens is 3. The molecule has 2 heterocycles. The number of ether oxygens (including phenoxy) is 1. The lowest BCUT2D eigenvalue weighted by Crippen LogP contribution is -2.49. The monoisotopic (exact) mass is 537 g/mol. The molecule has 0 radical (unpaired) electrons. The zero-order chi connectivity index (χ0) is 27.0. The fourth-order valence-corrected chi connectivity index (χ4v) is 6.00. The number of alkyl halides is 3. The third kappa shape index (κ3) is 5.16. The van der Waals surface area contributed by atoms with Gasteiger partial charge in [0.25, 0.3) is 0 Å². The van der Waals surface area contributed by atoms with Crippen LogP contribution in [0.25, 0.3) is 0 Å². The van der Waals surface area contributed by atoms with Crippen LogP contribution in [0.15, 0.2) is 41.3 Å². The van der Waals surface area contributed by atoms with Gasteiger partial charge in [-0.25, -0.2) is 8.42 Å². The van der Waals surface area contributed by atoms with Gasteiger partial charge in [0.15, 0.2) is 9.84 Å². The van der Waals surface area contributed by atoms with Gasteiger partial charge in [0.2, 0.25) is 5.91 Å². The first kappa shape index (κ1) is 26.9. The van der Waals surface area contributed by atoms with E-state index in [9.17, 15) is 36.8 Å². The third-order valence-corrected chi connectivity index (χ3v) is 8.11. The van der Waals surface area contributed by atoms with Crippen molar-refractivity contribution in [1.29, 1.82) is 5.26 Å². The summed E-state index contributed by atoms with van der Waals surface area (Å²) in [5.74, 6) is -0.190. The molecule has 2 aromatic rings. The molecule has 1 N–H and O–H groups in total. The minimum absolute atomic E-state index is 0.0717. The van der Waals surface area contributed by atoms with Gasteiger partial charge in [0, 0.05) is 25.0 Å². The molecule has 0 unspecified atom stereocenters. The number of benzene rings is 2. The summed E-state index contributed by atoms with van der Waals surface area (Å²) in [6.07, 6.45) is -3.16. The minimum atomic E-state index is -4.85. The van der Waals surface area contributed by atoms with Gasteiger partial charge in [0.05, 0.1) is 34.1 Å². The molecular weight excluding hydrogens is 511 g/mol. The Hall–Kier alpha value is -3.14. The average Bonchev–Trinajstić information content (AvgIpc) is 3.06. The lowest BCUT2D eigenvalue weighted by atomic mass is 9.73. The number of piperidine rings is 1. The van der Waals surface area contributed by atoms with Gasteiger partial charge in [-0.2, -0.15) is 18.4 Å². The number of aliphatic hydroxyl groups is 1. The van der Waals surface area contributed by atoms with Crippen LogP contribution in [0, 0.1) is 11.3 Å². The molecule has 1 amide bonds. The Labute approximate surface area is 212 Å². The molecule has 4 rings (SSSR count). The van der Waals surface area contributed by atoms with Gasteiger partial charge in [0.1, 0.15) is 12.4 Å². The van der Waals surface area contributed by atoms with E-state index in [0.717, 1.165) is 17.9 Å². The van der Waals surface area contributed by atoms with Crippen molar-refractivity contribution in [2.24, 2.45) is 0 Å². The van der Waals surface area contributed by atoms with Gasteiger partial charge in [-0.05, 0) is 67.9 Å². The number of hydrogen-bond acceptors (Lipinski definition) is 7. The molecule has 0 aliphatic carbocycles. The van der Waals surface area contributed by atoms with Gasteiger partial charge >= 0.3 is 6.18 Å². The summed E-state index contributed by atoms with van der Waals surface area (Å²) >= 11 is 0. The standard InChI is InChI=1S/C25H26F3N3O5S/c1-37(34,35)22-5-3-18(15-20(22)25(26,27)28)36-13-11-30-8-6-24(7-9-30)19-14-17(16-29)2-4-21(19)31(10-12-32)23(24)33/h2-5,14-15,32H,6-13H2,1H3. The number of nitrogens with zero attached hydrogens (tertiary/aromatic N) is 3. The van der Waals surface area contributed by atoms with E-state index in [-0.39, 0.29) is 31.4 Å². The van der Waals surface area contributed by atoms with Gasteiger partial charge in [-0.3, -0.25) is 9.69 Å². The Kier molecular flexibility index (Phi) is 7.25. The van der Waals surface area contributed by atoms with E-state index < -0.39 is 31.9 Å². The SMILES string of the molecule is CS(=O)(=O)c1ccc(OCCN2CCC3(CC2)C(=O)N(CCO)c2ccc(C#N)cc23)cc1C(F)(F)F. The van der Waals surface area contributed by atoms with Gasteiger partial charge in [-0.15, -0.1) is 0 Å². The molecular formula is C25H26F3N3O5S. The maximum atomic E-state index is 13.4. The number of likely N-dealkylation sites (tertiary alicyclic amines) is 1. The first-order valence-corrected chi connectivity index (χ1v) is 13.5. The Morgan fingerprint density at radius 1 is 1.14 bits per heavy atom. The Morgan fingerprint density at radius 3 is 2.43 bits per heavy atom. The summed E-state index contributed by atoms with van der Waals surface area (Å²) in [5.41, 5.74) is -0.125. The number of fused-ring (bicyclic) bond motifs is 2. The number of rotatable bonds is 7. The molecule has 37 heavy (non-hydrogen) atoms. The fourth-order valence-electron chi connectivity index (χ4n) is 5.11.